The van der Waals surface area contributed by atoms with E-state index in [2.05, 4.69) is 0 Å². The summed E-state index contributed by atoms with van der Waals surface area (Å²) in [5, 5.41) is 0. The van der Waals surface area contributed by atoms with E-state index in [1.807, 2.05) is 31.2 Å². The standard InChI is InChI=1S/C17H22N2O3/c1-2-22-15-8-5-13(6-9-15)7-10-16(20)19-11-3-4-14(12-19)17(18)21/h5-10,14H,2-4,11-12H2,1H3,(H2,18,21)/b10-7+. The SMILES string of the molecule is CCOc1ccc(/C=C/C(=O)N2CCCC(C(N)=O)C2)cc1. The highest BCUT2D eigenvalue weighted by Crippen LogP contribution is 2.17. The highest BCUT2D eigenvalue weighted by molar-refractivity contribution is 5.92. The van der Waals surface area contributed by atoms with Crippen molar-refractivity contribution in [3.8, 4) is 5.75 Å². The molecule has 1 fully saturated rings. The molecule has 0 aliphatic carbocycles. The first-order chi connectivity index (χ1) is 10.6. The van der Waals surface area contributed by atoms with Crippen molar-refractivity contribution < 1.29 is 14.3 Å². The first-order valence-electron chi connectivity index (χ1n) is 7.59. The van der Waals surface area contributed by atoms with Gasteiger partial charge in [-0.25, -0.2) is 0 Å². The molecule has 5 heteroatoms. The number of hydrogen-bond donors (Lipinski definition) is 1. The molecular weight excluding hydrogens is 280 g/mol. The minimum absolute atomic E-state index is 0.0835. The van der Waals surface area contributed by atoms with Gasteiger partial charge in [-0.2, -0.15) is 0 Å². The minimum Gasteiger partial charge on any atom is -0.494 e. The Bertz CT molecular complexity index is 552. The van der Waals surface area contributed by atoms with Gasteiger partial charge in [0.05, 0.1) is 12.5 Å². The molecule has 1 aromatic carbocycles. The maximum Gasteiger partial charge on any atom is 0.246 e. The summed E-state index contributed by atoms with van der Waals surface area (Å²) < 4.78 is 5.37. The van der Waals surface area contributed by atoms with E-state index in [1.54, 1.807) is 17.1 Å². The summed E-state index contributed by atoms with van der Waals surface area (Å²) in [6.07, 6.45) is 4.89. The molecule has 5 nitrogen and oxygen atoms in total. The molecule has 1 atom stereocenters. The third kappa shape index (κ3) is 4.35. The molecule has 1 heterocycles. The number of likely N-dealkylation sites (tertiary alicyclic amines) is 1. The molecule has 22 heavy (non-hydrogen) atoms. The lowest BCUT2D eigenvalue weighted by Gasteiger charge is -2.30. The van der Waals surface area contributed by atoms with Crippen LogP contribution in [0.25, 0.3) is 6.08 Å². The second kappa shape index (κ2) is 7.64. The van der Waals surface area contributed by atoms with Crippen molar-refractivity contribution in [2.24, 2.45) is 11.7 Å². The maximum atomic E-state index is 12.2. The summed E-state index contributed by atoms with van der Waals surface area (Å²) in [4.78, 5) is 25.1. The third-order valence-electron chi connectivity index (χ3n) is 3.74. The molecule has 0 spiro atoms. The van der Waals surface area contributed by atoms with Crippen LogP contribution in [0.4, 0.5) is 0 Å². The van der Waals surface area contributed by atoms with Gasteiger partial charge in [0.15, 0.2) is 0 Å². The molecule has 0 saturated carbocycles. The van der Waals surface area contributed by atoms with Gasteiger partial charge >= 0.3 is 0 Å². The number of carbonyl (C=O) groups excluding carboxylic acids is 2. The third-order valence-corrected chi connectivity index (χ3v) is 3.74. The van der Waals surface area contributed by atoms with Crippen molar-refractivity contribution in [2.45, 2.75) is 19.8 Å². The lowest BCUT2D eigenvalue weighted by molar-refractivity contribution is -0.130. The minimum atomic E-state index is -0.326. The normalized spacial score (nSPS) is 18.4. The van der Waals surface area contributed by atoms with E-state index in [0.717, 1.165) is 24.2 Å². The Kier molecular flexibility index (Phi) is 5.58. The molecule has 2 amide bonds. The number of amides is 2. The van der Waals surface area contributed by atoms with E-state index in [9.17, 15) is 9.59 Å². The van der Waals surface area contributed by atoms with Gasteiger partial charge < -0.3 is 15.4 Å². The van der Waals surface area contributed by atoms with E-state index < -0.39 is 0 Å². The molecule has 1 saturated heterocycles. The van der Waals surface area contributed by atoms with Crippen LogP contribution in [0.1, 0.15) is 25.3 Å². The molecule has 2 rings (SSSR count). The van der Waals surface area contributed by atoms with Gasteiger partial charge in [0, 0.05) is 19.2 Å². The number of rotatable bonds is 5. The number of hydrogen-bond acceptors (Lipinski definition) is 3. The Morgan fingerprint density at radius 3 is 2.73 bits per heavy atom. The van der Waals surface area contributed by atoms with Crippen molar-refractivity contribution in [1.82, 2.24) is 4.90 Å². The topological polar surface area (TPSA) is 72.6 Å². The Morgan fingerprint density at radius 2 is 2.09 bits per heavy atom. The van der Waals surface area contributed by atoms with Crippen LogP contribution in [0.3, 0.4) is 0 Å². The molecule has 0 radical (unpaired) electrons. The van der Waals surface area contributed by atoms with E-state index in [-0.39, 0.29) is 17.7 Å². The molecule has 118 valence electrons. The summed E-state index contributed by atoms with van der Waals surface area (Å²) in [6, 6.07) is 7.55. The molecule has 1 aliphatic rings. The number of ether oxygens (including phenoxy) is 1. The Balaban J connectivity index is 1.94. The second-order valence-electron chi connectivity index (χ2n) is 5.36. The molecule has 0 bridgehead atoms. The second-order valence-corrected chi connectivity index (χ2v) is 5.36. The molecule has 1 unspecified atom stereocenters. The summed E-state index contributed by atoms with van der Waals surface area (Å²) in [7, 11) is 0. The predicted molar refractivity (Wildman–Crippen MR) is 85.1 cm³/mol. The van der Waals surface area contributed by atoms with Crippen molar-refractivity contribution in [2.75, 3.05) is 19.7 Å². The fourth-order valence-electron chi connectivity index (χ4n) is 2.52. The summed E-state index contributed by atoms with van der Waals surface area (Å²) >= 11 is 0. The molecule has 1 aliphatic heterocycles. The first-order valence-corrected chi connectivity index (χ1v) is 7.59. The van der Waals surface area contributed by atoms with Crippen molar-refractivity contribution in [1.29, 1.82) is 0 Å². The number of nitrogens with zero attached hydrogens (tertiary/aromatic N) is 1. The highest BCUT2D eigenvalue weighted by Gasteiger charge is 2.25. The van der Waals surface area contributed by atoms with Crippen molar-refractivity contribution >= 4 is 17.9 Å². The van der Waals surface area contributed by atoms with Gasteiger partial charge in [0.1, 0.15) is 5.75 Å². The summed E-state index contributed by atoms with van der Waals surface area (Å²) in [5.41, 5.74) is 6.26. The first kappa shape index (κ1) is 16.1. The van der Waals surface area contributed by atoms with Crippen molar-refractivity contribution in [3.05, 3.63) is 35.9 Å². The maximum absolute atomic E-state index is 12.2. The van der Waals surface area contributed by atoms with E-state index in [1.165, 1.54) is 0 Å². The monoisotopic (exact) mass is 302 g/mol. The van der Waals surface area contributed by atoms with E-state index >= 15 is 0 Å². The van der Waals surface area contributed by atoms with Crippen LogP contribution in [-0.2, 0) is 9.59 Å². The fourth-order valence-corrected chi connectivity index (χ4v) is 2.52. The quantitative estimate of drug-likeness (QED) is 0.843. The Hall–Kier alpha value is -2.30. The molecule has 0 aromatic heterocycles. The number of primary amides is 1. The van der Waals surface area contributed by atoms with Crippen LogP contribution >= 0.6 is 0 Å². The average molecular weight is 302 g/mol. The zero-order valence-electron chi connectivity index (χ0n) is 12.8. The van der Waals surface area contributed by atoms with Crippen LogP contribution < -0.4 is 10.5 Å². The van der Waals surface area contributed by atoms with Crippen molar-refractivity contribution in [3.63, 3.8) is 0 Å². The Labute approximate surface area is 130 Å². The fraction of sp³-hybridized carbons (Fsp3) is 0.412. The molecular formula is C17H22N2O3. The highest BCUT2D eigenvalue weighted by atomic mass is 16.5. The number of benzene rings is 1. The van der Waals surface area contributed by atoms with Gasteiger partial charge in [0.2, 0.25) is 11.8 Å². The lowest BCUT2D eigenvalue weighted by atomic mass is 9.97. The summed E-state index contributed by atoms with van der Waals surface area (Å²) in [5.74, 6) is 0.177. The van der Waals surface area contributed by atoms with Crippen LogP contribution in [0.2, 0.25) is 0 Å². The van der Waals surface area contributed by atoms with Crippen LogP contribution in [0.5, 0.6) is 5.75 Å². The van der Waals surface area contributed by atoms with Gasteiger partial charge in [-0.15, -0.1) is 0 Å². The smallest absolute Gasteiger partial charge is 0.246 e. The number of nitrogens with two attached hydrogens (primary N) is 1. The molecule has 2 N–H and O–H groups in total. The summed E-state index contributed by atoms with van der Waals surface area (Å²) in [6.45, 7) is 3.66. The van der Waals surface area contributed by atoms with Crippen LogP contribution in [0.15, 0.2) is 30.3 Å². The van der Waals surface area contributed by atoms with Gasteiger partial charge in [0.25, 0.3) is 0 Å². The van der Waals surface area contributed by atoms with Gasteiger partial charge in [-0.05, 0) is 43.5 Å². The molecule has 1 aromatic rings. The van der Waals surface area contributed by atoms with Gasteiger partial charge in [-0.1, -0.05) is 12.1 Å². The van der Waals surface area contributed by atoms with E-state index in [4.69, 9.17) is 10.5 Å². The van der Waals surface area contributed by atoms with Gasteiger partial charge in [-0.3, -0.25) is 9.59 Å². The average Bonchev–Trinajstić information content (AvgIpc) is 2.54. The zero-order valence-corrected chi connectivity index (χ0v) is 12.8. The number of carbonyl (C=O) groups is 2. The van der Waals surface area contributed by atoms with Crippen LogP contribution in [0, 0.1) is 5.92 Å². The van der Waals surface area contributed by atoms with E-state index in [0.29, 0.717) is 19.7 Å². The largest absolute Gasteiger partial charge is 0.494 e. The zero-order chi connectivity index (χ0) is 15.9. The lowest BCUT2D eigenvalue weighted by Crippen LogP contribution is -2.43. The Morgan fingerprint density at radius 1 is 1.36 bits per heavy atom. The number of piperidine rings is 1. The van der Waals surface area contributed by atoms with Crippen LogP contribution in [-0.4, -0.2) is 36.4 Å². The predicted octanol–water partition coefficient (Wildman–Crippen LogP) is 1.82.